The predicted molar refractivity (Wildman–Crippen MR) is 86.3 cm³/mol. The fraction of sp³-hybridized carbons (Fsp3) is 0.333. The summed E-state index contributed by atoms with van der Waals surface area (Å²) in [5.74, 6) is -0.0244. The van der Waals surface area contributed by atoms with Crippen LogP contribution >= 0.6 is 0 Å². The summed E-state index contributed by atoms with van der Waals surface area (Å²) in [6.45, 7) is 2.83. The van der Waals surface area contributed by atoms with Crippen LogP contribution in [0.25, 0.3) is 10.8 Å². The Labute approximate surface area is 130 Å². The van der Waals surface area contributed by atoms with E-state index in [1.165, 1.54) is 0 Å². The molecule has 114 valence electrons. The zero-order chi connectivity index (χ0) is 15.5. The molecular weight excluding hydrogens is 276 g/mol. The minimum absolute atomic E-state index is 0.0768. The van der Waals surface area contributed by atoms with Gasteiger partial charge in [0.25, 0.3) is 0 Å². The molecule has 0 saturated carbocycles. The first-order valence-electron chi connectivity index (χ1n) is 7.70. The van der Waals surface area contributed by atoms with Crippen LogP contribution < -0.4 is 5.32 Å². The Hall–Kier alpha value is -2.36. The van der Waals surface area contributed by atoms with E-state index in [-0.39, 0.29) is 24.4 Å². The van der Waals surface area contributed by atoms with Gasteiger partial charge in [-0.25, -0.2) is 0 Å². The smallest absolute Gasteiger partial charge is 0.240 e. The molecule has 3 rings (SSSR count). The maximum atomic E-state index is 12.2. The predicted octanol–water partition coefficient (Wildman–Crippen LogP) is 2.64. The summed E-state index contributed by atoms with van der Waals surface area (Å²) >= 11 is 0. The van der Waals surface area contributed by atoms with Gasteiger partial charge in [0.15, 0.2) is 0 Å². The molecule has 22 heavy (non-hydrogen) atoms. The highest BCUT2D eigenvalue weighted by Crippen LogP contribution is 2.24. The molecule has 0 aliphatic carbocycles. The van der Waals surface area contributed by atoms with Gasteiger partial charge in [-0.1, -0.05) is 42.5 Å². The number of amides is 2. The number of hydrogen-bond acceptors (Lipinski definition) is 2. The van der Waals surface area contributed by atoms with Crippen molar-refractivity contribution in [2.24, 2.45) is 0 Å². The highest BCUT2D eigenvalue weighted by molar-refractivity contribution is 5.88. The SMILES string of the molecule is C[C@H](NC(=O)CN1CCCC1=O)c1cccc2ccccc12. The van der Waals surface area contributed by atoms with Crippen LogP contribution in [0.2, 0.25) is 0 Å². The van der Waals surface area contributed by atoms with Crippen molar-refractivity contribution in [2.75, 3.05) is 13.1 Å². The number of likely N-dealkylation sites (tertiary alicyclic amines) is 1. The van der Waals surface area contributed by atoms with Gasteiger partial charge in [0.05, 0.1) is 12.6 Å². The zero-order valence-electron chi connectivity index (χ0n) is 12.7. The first kappa shape index (κ1) is 14.6. The third-order valence-corrected chi connectivity index (χ3v) is 4.17. The third kappa shape index (κ3) is 2.96. The lowest BCUT2D eigenvalue weighted by molar-refractivity contribution is -0.133. The van der Waals surface area contributed by atoms with Crippen molar-refractivity contribution in [3.63, 3.8) is 0 Å². The van der Waals surface area contributed by atoms with Crippen LogP contribution in [-0.2, 0) is 9.59 Å². The van der Waals surface area contributed by atoms with Crippen molar-refractivity contribution < 1.29 is 9.59 Å². The Balaban J connectivity index is 1.71. The zero-order valence-corrected chi connectivity index (χ0v) is 12.7. The number of fused-ring (bicyclic) bond motifs is 1. The van der Waals surface area contributed by atoms with Crippen molar-refractivity contribution >= 4 is 22.6 Å². The number of rotatable bonds is 4. The van der Waals surface area contributed by atoms with Gasteiger partial charge in [-0.15, -0.1) is 0 Å². The molecule has 0 aromatic heterocycles. The average Bonchev–Trinajstić information content (AvgIpc) is 2.91. The van der Waals surface area contributed by atoms with E-state index >= 15 is 0 Å². The maximum Gasteiger partial charge on any atom is 0.240 e. The summed E-state index contributed by atoms with van der Waals surface area (Å²) in [5, 5.41) is 5.31. The Morgan fingerprint density at radius 3 is 2.77 bits per heavy atom. The van der Waals surface area contributed by atoms with E-state index in [9.17, 15) is 9.59 Å². The summed E-state index contributed by atoms with van der Waals surface area (Å²) in [4.78, 5) is 25.4. The van der Waals surface area contributed by atoms with E-state index in [4.69, 9.17) is 0 Å². The first-order chi connectivity index (χ1) is 10.6. The average molecular weight is 296 g/mol. The molecule has 1 aliphatic rings. The topological polar surface area (TPSA) is 49.4 Å². The van der Waals surface area contributed by atoms with Gasteiger partial charge in [0.1, 0.15) is 0 Å². The molecule has 2 aromatic carbocycles. The normalized spacial score (nSPS) is 16.0. The molecular formula is C18H20N2O2. The van der Waals surface area contributed by atoms with Crippen LogP contribution in [0.5, 0.6) is 0 Å². The number of nitrogens with zero attached hydrogens (tertiary/aromatic N) is 1. The van der Waals surface area contributed by atoms with Crippen molar-refractivity contribution in [1.29, 1.82) is 0 Å². The molecule has 1 fully saturated rings. The van der Waals surface area contributed by atoms with Crippen LogP contribution in [0.4, 0.5) is 0 Å². The summed E-state index contributed by atoms with van der Waals surface area (Å²) in [5.41, 5.74) is 1.10. The molecule has 0 bridgehead atoms. The van der Waals surface area contributed by atoms with E-state index in [1.807, 2.05) is 31.2 Å². The molecule has 1 atom stereocenters. The lowest BCUT2D eigenvalue weighted by Gasteiger charge is -2.19. The molecule has 4 heteroatoms. The Morgan fingerprint density at radius 2 is 2.00 bits per heavy atom. The molecule has 1 aliphatic heterocycles. The highest BCUT2D eigenvalue weighted by atomic mass is 16.2. The van der Waals surface area contributed by atoms with Crippen molar-refractivity contribution in [2.45, 2.75) is 25.8 Å². The second kappa shape index (κ2) is 6.18. The number of carbonyl (C=O) groups is 2. The second-order valence-electron chi connectivity index (χ2n) is 5.78. The molecule has 1 N–H and O–H groups in total. The van der Waals surface area contributed by atoms with Crippen molar-refractivity contribution in [1.82, 2.24) is 10.2 Å². The van der Waals surface area contributed by atoms with Crippen LogP contribution in [-0.4, -0.2) is 29.8 Å². The molecule has 2 aromatic rings. The van der Waals surface area contributed by atoms with Gasteiger partial charge >= 0.3 is 0 Å². The van der Waals surface area contributed by atoms with Crippen LogP contribution in [0.1, 0.15) is 31.4 Å². The minimum Gasteiger partial charge on any atom is -0.348 e. The lowest BCUT2D eigenvalue weighted by Crippen LogP contribution is -2.38. The fourth-order valence-corrected chi connectivity index (χ4v) is 3.04. The summed E-state index contributed by atoms with van der Waals surface area (Å²) in [6, 6.07) is 14.2. The number of carbonyl (C=O) groups excluding carboxylic acids is 2. The van der Waals surface area contributed by atoms with Gasteiger partial charge in [0.2, 0.25) is 11.8 Å². The summed E-state index contributed by atoms with van der Waals surface area (Å²) in [6.07, 6.45) is 1.41. The quantitative estimate of drug-likeness (QED) is 0.943. The van der Waals surface area contributed by atoms with E-state index in [2.05, 4.69) is 23.5 Å². The summed E-state index contributed by atoms with van der Waals surface area (Å²) in [7, 11) is 0. The molecule has 2 amide bonds. The van der Waals surface area contributed by atoms with Gasteiger partial charge in [0, 0.05) is 13.0 Å². The fourth-order valence-electron chi connectivity index (χ4n) is 3.04. The Bertz CT molecular complexity index is 706. The Kier molecular flexibility index (Phi) is 4.09. The Morgan fingerprint density at radius 1 is 1.23 bits per heavy atom. The number of benzene rings is 2. The minimum atomic E-state index is -0.101. The lowest BCUT2D eigenvalue weighted by atomic mass is 10.00. The van der Waals surface area contributed by atoms with Crippen LogP contribution in [0.15, 0.2) is 42.5 Å². The molecule has 1 heterocycles. The third-order valence-electron chi connectivity index (χ3n) is 4.17. The molecule has 1 saturated heterocycles. The highest BCUT2D eigenvalue weighted by Gasteiger charge is 2.23. The van der Waals surface area contributed by atoms with Gasteiger partial charge in [-0.2, -0.15) is 0 Å². The van der Waals surface area contributed by atoms with E-state index < -0.39 is 0 Å². The van der Waals surface area contributed by atoms with Crippen LogP contribution in [0.3, 0.4) is 0 Å². The van der Waals surface area contributed by atoms with Crippen molar-refractivity contribution in [3.8, 4) is 0 Å². The molecule has 0 unspecified atom stereocenters. The largest absolute Gasteiger partial charge is 0.348 e. The summed E-state index contributed by atoms with van der Waals surface area (Å²) < 4.78 is 0. The standard InChI is InChI=1S/C18H20N2O2/c1-13(19-17(21)12-20-11-5-10-18(20)22)15-9-4-7-14-6-2-3-8-16(14)15/h2-4,6-9,13H,5,10-12H2,1H3,(H,19,21)/t13-/m0/s1. The first-order valence-corrected chi connectivity index (χ1v) is 7.70. The monoisotopic (exact) mass is 296 g/mol. The number of nitrogens with one attached hydrogen (secondary N) is 1. The number of hydrogen-bond donors (Lipinski definition) is 1. The molecule has 4 nitrogen and oxygen atoms in total. The molecule has 0 spiro atoms. The van der Waals surface area contributed by atoms with E-state index in [0.29, 0.717) is 13.0 Å². The van der Waals surface area contributed by atoms with Gasteiger partial charge in [-0.3, -0.25) is 9.59 Å². The van der Waals surface area contributed by atoms with Gasteiger partial charge < -0.3 is 10.2 Å². The van der Waals surface area contributed by atoms with Gasteiger partial charge in [-0.05, 0) is 29.7 Å². The van der Waals surface area contributed by atoms with Crippen molar-refractivity contribution in [3.05, 3.63) is 48.0 Å². The van der Waals surface area contributed by atoms with E-state index in [0.717, 1.165) is 22.8 Å². The van der Waals surface area contributed by atoms with E-state index in [1.54, 1.807) is 4.90 Å². The second-order valence-corrected chi connectivity index (χ2v) is 5.78. The molecule has 0 radical (unpaired) electrons. The van der Waals surface area contributed by atoms with Crippen LogP contribution in [0, 0.1) is 0 Å². The maximum absolute atomic E-state index is 12.2.